The van der Waals surface area contributed by atoms with Gasteiger partial charge in [-0.15, -0.1) is 0 Å². The predicted octanol–water partition coefficient (Wildman–Crippen LogP) is 4.92. The molecule has 0 atom stereocenters. The molecule has 0 aliphatic heterocycles. The first-order valence-electron chi connectivity index (χ1n) is 7.05. The van der Waals surface area contributed by atoms with Gasteiger partial charge in [-0.3, -0.25) is 10.1 Å². The zero-order valence-corrected chi connectivity index (χ0v) is 14.2. The van der Waals surface area contributed by atoms with E-state index in [1.807, 2.05) is 31.2 Å². The van der Waals surface area contributed by atoms with Crippen LogP contribution >= 0.6 is 15.9 Å². The van der Waals surface area contributed by atoms with Crippen LogP contribution in [-0.4, -0.2) is 14.9 Å². The lowest BCUT2D eigenvalue weighted by Gasteiger charge is -2.08. The second kappa shape index (κ2) is 6.76. The van der Waals surface area contributed by atoms with Crippen LogP contribution in [0.3, 0.4) is 0 Å². The van der Waals surface area contributed by atoms with Gasteiger partial charge in [0.25, 0.3) is 5.69 Å². The molecule has 0 aliphatic carbocycles. The van der Waals surface area contributed by atoms with Crippen molar-refractivity contribution in [1.29, 1.82) is 0 Å². The number of non-ortho nitro benzene ring substituents is 1. The average Bonchev–Trinajstić information content (AvgIpc) is 2.55. The molecule has 24 heavy (non-hydrogen) atoms. The quantitative estimate of drug-likeness (QED) is 0.470. The summed E-state index contributed by atoms with van der Waals surface area (Å²) in [6.07, 6.45) is 0. The zero-order valence-electron chi connectivity index (χ0n) is 12.6. The first kappa shape index (κ1) is 16.1. The minimum Gasteiger partial charge on any atom is -0.439 e. The van der Waals surface area contributed by atoms with E-state index in [-0.39, 0.29) is 5.69 Å². The monoisotopic (exact) mass is 385 g/mol. The van der Waals surface area contributed by atoms with Gasteiger partial charge >= 0.3 is 0 Å². The summed E-state index contributed by atoms with van der Waals surface area (Å²) < 4.78 is 6.67. The summed E-state index contributed by atoms with van der Waals surface area (Å²) in [6, 6.07) is 15.2. The van der Waals surface area contributed by atoms with Gasteiger partial charge in [0, 0.05) is 33.9 Å². The van der Waals surface area contributed by atoms with Crippen molar-refractivity contribution in [2.45, 2.75) is 6.92 Å². The summed E-state index contributed by atoms with van der Waals surface area (Å²) in [7, 11) is 0. The molecule has 3 aromatic rings. The fourth-order valence-corrected chi connectivity index (χ4v) is 2.34. The Morgan fingerprint density at radius 3 is 2.33 bits per heavy atom. The van der Waals surface area contributed by atoms with Gasteiger partial charge in [0.1, 0.15) is 5.75 Å². The fraction of sp³-hybridized carbons (Fsp3) is 0.0588. The van der Waals surface area contributed by atoms with Gasteiger partial charge in [-0.2, -0.15) is 4.98 Å². The fourth-order valence-electron chi connectivity index (χ4n) is 2.08. The van der Waals surface area contributed by atoms with Crippen molar-refractivity contribution in [1.82, 2.24) is 9.97 Å². The van der Waals surface area contributed by atoms with E-state index in [0.717, 1.165) is 15.7 Å². The van der Waals surface area contributed by atoms with Crippen LogP contribution in [0.1, 0.15) is 5.69 Å². The molecule has 0 amide bonds. The highest BCUT2D eigenvalue weighted by Gasteiger charge is 2.09. The first-order chi connectivity index (χ1) is 11.5. The lowest BCUT2D eigenvalue weighted by atomic mass is 10.2. The highest BCUT2D eigenvalue weighted by Crippen LogP contribution is 2.25. The van der Waals surface area contributed by atoms with Crippen molar-refractivity contribution in [3.8, 4) is 23.0 Å². The molecule has 0 unspecified atom stereocenters. The number of halogens is 1. The lowest BCUT2D eigenvalue weighted by molar-refractivity contribution is -0.384. The van der Waals surface area contributed by atoms with Gasteiger partial charge in [-0.25, -0.2) is 4.98 Å². The minimum absolute atomic E-state index is 0.0109. The first-order valence-corrected chi connectivity index (χ1v) is 7.84. The van der Waals surface area contributed by atoms with Gasteiger partial charge in [0.15, 0.2) is 5.82 Å². The third-order valence-electron chi connectivity index (χ3n) is 3.20. The van der Waals surface area contributed by atoms with Gasteiger partial charge in [-0.05, 0) is 31.2 Å². The molecule has 0 fully saturated rings. The number of aromatic nitrogens is 2. The van der Waals surface area contributed by atoms with E-state index in [1.165, 1.54) is 24.3 Å². The SMILES string of the molecule is Cc1cc(Oc2ccc([N+](=O)[O-])cc2)nc(-c2ccc(Br)cc2)n1. The Kier molecular flexibility index (Phi) is 4.52. The van der Waals surface area contributed by atoms with Crippen molar-refractivity contribution in [3.63, 3.8) is 0 Å². The molecule has 0 saturated heterocycles. The Balaban J connectivity index is 1.88. The molecule has 6 nitrogen and oxygen atoms in total. The van der Waals surface area contributed by atoms with Crippen LogP contribution in [-0.2, 0) is 0 Å². The molecular formula is C17H12BrN3O3. The summed E-state index contributed by atoms with van der Waals surface area (Å²) in [5.74, 6) is 1.41. The van der Waals surface area contributed by atoms with E-state index in [4.69, 9.17) is 4.74 Å². The Bertz CT molecular complexity index is 881. The number of nitrogens with zero attached hydrogens (tertiary/aromatic N) is 3. The maximum absolute atomic E-state index is 10.7. The smallest absolute Gasteiger partial charge is 0.269 e. The van der Waals surface area contributed by atoms with E-state index in [0.29, 0.717) is 17.5 Å². The molecule has 0 radical (unpaired) electrons. The molecule has 1 heterocycles. The van der Waals surface area contributed by atoms with Crippen molar-refractivity contribution < 1.29 is 9.66 Å². The van der Waals surface area contributed by atoms with E-state index in [9.17, 15) is 10.1 Å². The molecule has 2 aromatic carbocycles. The Morgan fingerprint density at radius 2 is 1.71 bits per heavy atom. The maximum Gasteiger partial charge on any atom is 0.269 e. The second-order valence-electron chi connectivity index (χ2n) is 5.03. The number of aryl methyl sites for hydroxylation is 1. The van der Waals surface area contributed by atoms with Crippen molar-refractivity contribution in [2.75, 3.05) is 0 Å². The number of rotatable bonds is 4. The molecular weight excluding hydrogens is 374 g/mol. The maximum atomic E-state index is 10.7. The summed E-state index contributed by atoms with van der Waals surface area (Å²) in [5.41, 5.74) is 1.65. The molecule has 3 rings (SSSR count). The van der Waals surface area contributed by atoms with Crippen LogP contribution in [0.2, 0.25) is 0 Å². The number of benzene rings is 2. The van der Waals surface area contributed by atoms with E-state index < -0.39 is 4.92 Å². The molecule has 7 heteroatoms. The minimum atomic E-state index is -0.454. The lowest BCUT2D eigenvalue weighted by Crippen LogP contribution is -1.96. The summed E-state index contributed by atoms with van der Waals surface area (Å²) in [6.45, 7) is 1.85. The van der Waals surface area contributed by atoms with Gasteiger partial charge in [0.2, 0.25) is 5.88 Å². The van der Waals surface area contributed by atoms with Crippen LogP contribution in [0.15, 0.2) is 59.1 Å². The number of hydrogen-bond acceptors (Lipinski definition) is 5. The average molecular weight is 386 g/mol. The van der Waals surface area contributed by atoms with Crippen LogP contribution in [0.25, 0.3) is 11.4 Å². The van der Waals surface area contributed by atoms with E-state index in [2.05, 4.69) is 25.9 Å². The van der Waals surface area contributed by atoms with Gasteiger partial charge < -0.3 is 4.74 Å². The van der Waals surface area contributed by atoms with Crippen LogP contribution < -0.4 is 4.74 Å². The molecule has 0 spiro atoms. The third-order valence-corrected chi connectivity index (χ3v) is 3.73. The van der Waals surface area contributed by atoms with Crippen LogP contribution in [0, 0.1) is 17.0 Å². The summed E-state index contributed by atoms with van der Waals surface area (Å²) >= 11 is 3.39. The molecule has 0 bridgehead atoms. The molecule has 0 saturated carbocycles. The topological polar surface area (TPSA) is 78.2 Å². The summed E-state index contributed by atoms with van der Waals surface area (Å²) in [5, 5.41) is 10.7. The van der Waals surface area contributed by atoms with E-state index >= 15 is 0 Å². The number of nitro benzene ring substituents is 1. The normalized spacial score (nSPS) is 10.4. The molecule has 120 valence electrons. The highest BCUT2D eigenvalue weighted by molar-refractivity contribution is 9.10. The number of hydrogen-bond donors (Lipinski definition) is 0. The van der Waals surface area contributed by atoms with Gasteiger partial charge in [0.05, 0.1) is 4.92 Å². The highest BCUT2D eigenvalue weighted by atomic mass is 79.9. The third kappa shape index (κ3) is 3.75. The van der Waals surface area contributed by atoms with E-state index in [1.54, 1.807) is 6.07 Å². The largest absolute Gasteiger partial charge is 0.439 e. The van der Waals surface area contributed by atoms with Crippen molar-refractivity contribution in [2.24, 2.45) is 0 Å². The van der Waals surface area contributed by atoms with Gasteiger partial charge in [-0.1, -0.05) is 28.1 Å². The number of ether oxygens (including phenoxy) is 1. The second-order valence-corrected chi connectivity index (χ2v) is 5.95. The van der Waals surface area contributed by atoms with Crippen molar-refractivity contribution in [3.05, 3.63) is 74.9 Å². The Hall–Kier alpha value is -2.80. The molecule has 1 aromatic heterocycles. The zero-order chi connectivity index (χ0) is 17.1. The predicted molar refractivity (Wildman–Crippen MR) is 93.1 cm³/mol. The van der Waals surface area contributed by atoms with Crippen molar-refractivity contribution >= 4 is 21.6 Å². The standard InChI is InChI=1S/C17H12BrN3O3/c1-11-10-16(24-15-8-6-14(7-9-15)21(22)23)20-17(19-11)12-2-4-13(18)5-3-12/h2-10H,1H3. The Morgan fingerprint density at radius 1 is 1.04 bits per heavy atom. The molecule has 0 N–H and O–H groups in total. The molecule has 0 aliphatic rings. The van der Waals surface area contributed by atoms with Crippen LogP contribution in [0.4, 0.5) is 5.69 Å². The van der Waals surface area contributed by atoms with Crippen LogP contribution in [0.5, 0.6) is 11.6 Å². The number of nitro groups is 1. The summed E-state index contributed by atoms with van der Waals surface area (Å²) in [4.78, 5) is 19.0. The Labute approximate surface area is 146 Å².